The summed E-state index contributed by atoms with van der Waals surface area (Å²) in [5, 5.41) is 3.01. The quantitative estimate of drug-likeness (QED) is 0.881. The first-order valence-electron chi connectivity index (χ1n) is 4.88. The van der Waals surface area contributed by atoms with Crippen molar-refractivity contribution in [1.82, 2.24) is 9.97 Å². The fourth-order valence-corrected chi connectivity index (χ4v) is 1.51. The van der Waals surface area contributed by atoms with Crippen LogP contribution in [0, 0.1) is 5.82 Å². The van der Waals surface area contributed by atoms with Gasteiger partial charge in [0.05, 0.1) is 11.3 Å². The molecule has 0 spiro atoms. The molecule has 0 aliphatic heterocycles. The topological polar surface area (TPSA) is 57.8 Å². The van der Waals surface area contributed by atoms with Crippen LogP contribution in [0.15, 0.2) is 35.4 Å². The molecule has 0 saturated heterocycles. The van der Waals surface area contributed by atoms with Crippen LogP contribution in [0.4, 0.5) is 10.2 Å². The molecule has 0 radical (unpaired) electrons. The summed E-state index contributed by atoms with van der Waals surface area (Å²) in [4.78, 5) is 17.3. The summed E-state index contributed by atoms with van der Waals surface area (Å²) >= 11 is 5.65. The van der Waals surface area contributed by atoms with Gasteiger partial charge in [-0.3, -0.25) is 4.79 Å². The number of hydrogen-bond donors (Lipinski definition) is 2. The second kappa shape index (κ2) is 4.97. The zero-order valence-electron chi connectivity index (χ0n) is 8.71. The summed E-state index contributed by atoms with van der Waals surface area (Å²) in [6, 6.07) is 5.77. The van der Waals surface area contributed by atoms with Gasteiger partial charge < -0.3 is 10.3 Å². The molecule has 0 amide bonds. The molecule has 0 saturated carbocycles. The monoisotopic (exact) mass is 253 g/mol. The van der Waals surface area contributed by atoms with Crippen molar-refractivity contribution in [3.8, 4) is 0 Å². The summed E-state index contributed by atoms with van der Waals surface area (Å²) in [6.07, 6.45) is 1.31. The number of aromatic nitrogens is 2. The third kappa shape index (κ3) is 3.04. The molecule has 1 aromatic carbocycles. The highest BCUT2D eigenvalue weighted by molar-refractivity contribution is 6.30. The predicted molar refractivity (Wildman–Crippen MR) is 63.6 cm³/mol. The van der Waals surface area contributed by atoms with E-state index < -0.39 is 5.82 Å². The second-order valence-corrected chi connectivity index (χ2v) is 3.81. The van der Waals surface area contributed by atoms with Gasteiger partial charge in [-0.25, -0.2) is 9.37 Å². The van der Waals surface area contributed by atoms with Crippen LogP contribution in [0.2, 0.25) is 5.02 Å². The molecule has 88 valence electrons. The number of halogens is 2. The van der Waals surface area contributed by atoms with Crippen molar-refractivity contribution in [3.05, 3.63) is 57.3 Å². The van der Waals surface area contributed by atoms with E-state index in [1.807, 2.05) is 0 Å². The number of hydrogen-bond acceptors (Lipinski definition) is 3. The molecule has 0 fully saturated rings. The van der Waals surface area contributed by atoms with Crippen molar-refractivity contribution in [1.29, 1.82) is 0 Å². The zero-order valence-corrected chi connectivity index (χ0v) is 9.46. The molecule has 2 aromatic rings. The largest absolute Gasteiger partial charge is 0.366 e. The van der Waals surface area contributed by atoms with Crippen molar-refractivity contribution in [2.24, 2.45) is 0 Å². The Morgan fingerprint density at radius 3 is 2.94 bits per heavy atom. The summed E-state index contributed by atoms with van der Waals surface area (Å²) in [6.45, 7) is 0.413. The van der Waals surface area contributed by atoms with Crippen LogP contribution in [0.5, 0.6) is 0 Å². The average Bonchev–Trinajstić information content (AvgIpc) is 2.31. The first-order chi connectivity index (χ1) is 8.15. The van der Waals surface area contributed by atoms with E-state index in [4.69, 9.17) is 11.6 Å². The van der Waals surface area contributed by atoms with Crippen LogP contribution < -0.4 is 10.9 Å². The Hall–Kier alpha value is -1.88. The highest BCUT2D eigenvalue weighted by atomic mass is 35.5. The lowest BCUT2D eigenvalue weighted by atomic mass is 10.2. The lowest BCUT2D eigenvalue weighted by Crippen LogP contribution is -2.08. The first kappa shape index (κ1) is 11.6. The van der Waals surface area contributed by atoms with E-state index >= 15 is 0 Å². The van der Waals surface area contributed by atoms with Crippen molar-refractivity contribution in [3.63, 3.8) is 0 Å². The SMILES string of the molecule is O=c1cc(NCc2ccc(F)c(Cl)c2)nc[nH]1. The third-order valence-electron chi connectivity index (χ3n) is 2.14. The van der Waals surface area contributed by atoms with Gasteiger partial charge in [-0.15, -0.1) is 0 Å². The Balaban J connectivity index is 2.07. The minimum atomic E-state index is -0.454. The molecule has 1 aromatic heterocycles. The van der Waals surface area contributed by atoms with E-state index in [9.17, 15) is 9.18 Å². The van der Waals surface area contributed by atoms with E-state index in [1.54, 1.807) is 6.07 Å². The second-order valence-electron chi connectivity index (χ2n) is 3.40. The van der Waals surface area contributed by atoms with Crippen LogP contribution in [0.25, 0.3) is 0 Å². The van der Waals surface area contributed by atoms with Gasteiger partial charge in [-0.05, 0) is 17.7 Å². The molecule has 0 aliphatic carbocycles. The van der Waals surface area contributed by atoms with Gasteiger partial charge in [0.25, 0.3) is 5.56 Å². The van der Waals surface area contributed by atoms with E-state index in [-0.39, 0.29) is 10.6 Å². The van der Waals surface area contributed by atoms with Crippen LogP contribution >= 0.6 is 11.6 Å². The van der Waals surface area contributed by atoms with E-state index in [2.05, 4.69) is 15.3 Å². The van der Waals surface area contributed by atoms with Gasteiger partial charge >= 0.3 is 0 Å². The maximum absolute atomic E-state index is 12.9. The van der Waals surface area contributed by atoms with E-state index in [1.165, 1.54) is 24.5 Å². The summed E-state index contributed by atoms with van der Waals surface area (Å²) in [5.41, 5.74) is 0.568. The van der Waals surface area contributed by atoms with Gasteiger partial charge in [-0.2, -0.15) is 0 Å². The number of nitrogens with one attached hydrogen (secondary N) is 2. The Bertz CT molecular complexity index is 585. The van der Waals surface area contributed by atoms with Crippen LogP contribution in [-0.4, -0.2) is 9.97 Å². The number of H-pyrrole nitrogens is 1. The molecular weight excluding hydrogens is 245 g/mol. The number of nitrogens with zero attached hydrogens (tertiary/aromatic N) is 1. The maximum atomic E-state index is 12.9. The fourth-order valence-electron chi connectivity index (χ4n) is 1.31. The molecule has 6 heteroatoms. The molecule has 0 unspecified atom stereocenters. The number of rotatable bonds is 3. The minimum Gasteiger partial charge on any atom is -0.366 e. The Morgan fingerprint density at radius 1 is 1.41 bits per heavy atom. The Labute approximate surface area is 101 Å². The third-order valence-corrected chi connectivity index (χ3v) is 2.43. The summed E-state index contributed by atoms with van der Waals surface area (Å²) in [7, 11) is 0. The van der Waals surface area contributed by atoms with Crippen LogP contribution in [0.3, 0.4) is 0 Å². The van der Waals surface area contributed by atoms with Crippen LogP contribution in [-0.2, 0) is 6.54 Å². The zero-order chi connectivity index (χ0) is 12.3. The summed E-state index contributed by atoms with van der Waals surface area (Å²) < 4.78 is 12.9. The average molecular weight is 254 g/mol. The first-order valence-corrected chi connectivity index (χ1v) is 5.25. The highest BCUT2D eigenvalue weighted by Gasteiger charge is 2.01. The smallest absolute Gasteiger partial charge is 0.252 e. The molecule has 0 atom stereocenters. The molecule has 2 rings (SSSR count). The van der Waals surface area contributed by atoms with Crippen molar-refractivity contribution in [2.75, 3.05) is 5.32 Å². The normalized spacial score (nSPS) is 10.2. The molecule has 0 bridgehead atoms. The maximum Gasteiger partial charge on any atom is 0.252 e. The van der Waals surface area contributed by atoms with E-state index in [0.29, 0.717) is 12.4 Å². The molecular formula is C11H9ClFN3O. The molecule has 1 heterocycles. The van der Waals surface area contributed by atoms with Gasteiger partial charge in [0.2, 0.25) is 0 Å². The van der Waals surface area contributed by atoms with Gasteiger partial charge in [0.15, 0.2) is 0 Å². The van der Waals surface area contributed by atoms with Gasteiger partial charge in [0.1, 0.15) is 11.6 Å². The van der Waals surface area contributed by atoms with Crippen LogP contribution in [0.1, 0.15) is 5.56 Å². The lowest BCUT2D eigenvalue weighted by molar-refractivity contribution is 0.627. The van der Waals surface area contributed by atoms with Gasteiger partial charge in [0, 0.05) is 12.6 Å². The molecule has 0 aliphatic rings. The lowest BCUT2D eigenvalue weighted by Gasteiger charge is -2.05. The Kier molecular flexibility index (Phi) is 3.39. The Morgan fingerprint density at radius 2 is 2.24 bits per heavy atom. The predicted octanol–water partition coefficient (Wildman–Crippen LogP) is 2.17. The number of benzene rings is 1. The molecule has 4 nitrogen and oxygen atoms in total. The van der Waals surface area contributed by atoms with Gasteiger partial charge in [-0.1, -0.05) is 17.7 Å². The van der Waals surface area contributed by atoms with E-state index in [0.717, 1.165) is 5.56 Å². The number of anilines is 1. The van der Waals surface area contributed by atoms with Crippen molar-refractivity contribution < 1.29 is 4.39 Å². The fraction of sp³-hybridized carbons (Fsp3) is 0.0909. The standard InChI is InChI=1S/C11H9ClFN3O/c12-8-3-7(1-2-9(8)13)5-14-10-4-11(17)16-6-15-10/h1-4,6H,5H2,(H2,14,15,16,17). The molecule has 2 N–H and O–H groups in total. The van der Waals surface area contributed by atoms with Crippen molar-refractivity contribution in [2.45, 2.75) is 6.54 Å². The summed E-state index contributed by atoms with van der Waals surface area (Å²) in [5.74, 6) is -0.00102. The highest BCUT2D eigenvalue weighted by Crippen LogP contribution is 2.16. The molecule has 17 heavy (non-hydrogen) atoms. The minimum absolute atomic E-state index is 0.0724. The number of aromatic amines is 1. The van der Waals surface area contributed by atoms with Crippen molar-refractivity contribution >= 4 is 17.4 Å².